The molecule has 1 atom stereocenters. The van der Waals surface area contributed by atoms with Gasteiger partial charge < -0.3 is 34.5 Å². The first-order chi connectivity index (χ1) is 18.5. The number of piperidine rings is 1. The Balaban J connectivity index is 1.48. The van der Waals surface area contributed by atoms with Gasteiger partial charge in [0.05, 0.1) is 28.4 Å². The van der Waals surface area contributed by atoms with Crippen LogP contribution in [0.3, 0.4) is 0 Å². The molecule has 2 aromatic rings. The number of nitrogens with one attached hydrogen (secondary N) is 2. The molecule has 1 amide bonds. The molecular formula is C27H37N5O6Si. The zero-order valence-electron chi connectivity index (χ0n) is 23.6. The van der Waals surface area contributed by atoms with E-state index in [9.17, 15) is 9.59 Å². The van der Waals surface area contributed by atoms with E-state index in [1.54, 1.807) is 0 Å². The molecule has 0 spiro atoms. The Morgan fingerprint density at radius 3 is 2.31 bits per heavy atom. The van der Waals surface area contributed by atoms with Crippen LogP contribution in [0.1, 0.15) is 18.4 Å². The van der Waals surface area contributed by atoms with Crippen LogP contribution in [-0.2, 0) is 14.3 Å². The molecule has 1 fully saturated rings. The van der Waals surface area contributed by atoms with Gasteiger partial charge in [-0.05, 0) is 38.4 Å². The van der Waals surface area contributed by atoms with E-state index >= 15 is 0 Å². The van der Waals surface area contributed by atoms with Gasteiger partial charge in [-0.1, -0.05) is 37.0 Å². The number of ether oxygens (including phenoxy) is 4. The second-order valence-corrected chi connectivity index (χ2v) is 15.7. The van der Waals surface area contributed by atoms with Crippen LogP contribution in [0.5, 0.6) is 17.5 Å². The van der Waals surface area contributed by atoms with Gasteiger partial charge in [0, 0.05) is 19.1 Å². The maximum absolute atomic E-state index is 13.1. The molecule has 210 valence electrons. The van der Waals surface area contributed by atoms with E-state index in [4.69, 9.17) is 18.9 Å². The number of nitrogens with zero attached hydrogens (tertiary/aromatic N) is 3. The molecule has 4 rings (SSSR count). The molecule has 12 heteroatoms. The van der Waals surface area contributed by atoms with Crippen LogP contribution >= 0.6 is 0 Å². The summed E-state index contributed by atoms with van der Waals surface area (Å²) in [6.45, 7) is 10.2. The lowest BCUT2D eigenvalue weighted by Crippen LogP contribution is -2.42. The van der Waals surface area contributed by atoms with Crippen molar-refractivity contribution in [3.05, 3.63) is 35.8 Å². The maximum Gasteiger partial charge on any atom is 0.289 e. The lowest BCUT2D eigenvalue weighted by molar-refractivity contribution is -0.134. The highest BCUT2D eigenvalue weighted by Crippen LogP contribution is 2.35. The Hall–Kier alpha value is -3.64. The third kappa shape index (κ3) is 6.33. The number of aryl methyl sites for hydroxylation is 1. The molecule has 0 saturated carbocycles. The Morgan fingerprint density at radius 2 is 1.74 bits per heavy atom. The minimum Gasteiger partial charge on any atom is -0.479 e. The number of anilines is 2. The van der Waals surface area contributed by atoms with Gasteiger partial charge in [0.2, 0.25) is 29.6 Å². The molecule has 1 unspecified atom stereocenters. The topological polar surface area (TPSA) is 124 Å². The number of ketones is 1. The third-order valence-electron chi connectivity index (χ3n) is 6.91. The molecule has 2 aliphatic heterocycles. The van der Waals surface area contributed by atoms with Crippen molar-refractivity contribution in [1.82, 2.24) is 15.3 Å². The number of amides is 1. The summed E-state index contributed by atoms with van der Waals surface area (Å²) in [4.78, 5) is 36.9. The first kappa shape index (κ1) is 28.4. The highest BCUT2D eigenvalue weighted by atomic mass is 28.3. The molecule has 0 radical (unpaired) electrons. The summed E-state index contributed by atoms with van der Waals surface area (Å²) in [5.74, 6) is -0.0240. The molecule has 1 aromatic carbocycles. The SMILES string of the molecule is CNC1CCN(c2nc(OC)c(NC(=O)C3OC(Oc4cc([Si](C)(C)C)ccc4C)=CC3=O)c(OC)n2)CC1. The second kappa shape index (κ2) is 11.6. The number of benzene rings is 1. The molecule has 1 aromatic heterocycles. The van der Waals surface area contributed by atoms with Gasteiger partial charge in [-0.25, -0.2) is 0 Å². The van der Waals surface area contributed by atoms with Crippen molar-refractivity contribution < 1.29 is 28.5 Å². The van der Waals surface area contributed by atoms with Crippen molar-refractivity contribution in [2.75, 3.05) is 44.6 Å². The predicted molar refractivity (Wildman–Crippen MR) is 151 cm³/mol. The van der Waals surface area contributed by atoms with E-state index in [1.807, 2.05) is 31.0 Å². The van der Waals surface area contributed by atoms with Gasteiger partial charge in [-0.2, -0.15) is 9.97 Å². The van der Waals surface area contributed by atoms with Gasteiger partial charge in [0.15, 0.2) is 5.69 Å². The van der Waals surface area contributed by atoms with Gasteiger partial charge >= 0.3 is 0 Å². The number of hydrogen-bond acceptors (Lipinski definition) is 10. The molecule has 1 saturated heterocycles. The number of carbonyl (C=O) groups excluding carboxylic acids is 2. The summed E-state index contributed by atoms with van der Waals surface area (Å²) in [5.41, 5.74) is 1.01. The fourth-order valence-corrected chi connectivity index (χ4v) is 5.58. The summed E-state index contributed by atoms with van der Waals surface area (Å²) < 4.78 is 22.5. The molecule has 3 heterocycles. The van der Waals surface area contributed by atoms with Crippen molar-refractivity contribution in [2.24, 2.45) is 0 Å². The van der Waals surface area contributed by atoms with Crippen LogP contribution in [0.25, 0.3) is 0 Å². The lowest BCUT2D eigenvalue weighted by atomic mass is 10.1. The van der Waals surface area contributed by atoms with Crippen molar-refractivity contribution in [3.8, 4) is 17.5 Å². The minimum absolute atomic E-state index is 0.0357. The standard InChI is InChI=1S/C27H37N5O6Si/c1-16-8-9-18(39(5,6)7)14-20(16)37-21-15-19(33)23(38-21)24(34)29-22-25(35-3)30-27(31-26(22)36-4)32-12-10-17(28-2)11-13-32/h8-9,14-15,17,23,28H,10-13H2,1-7H3,(H,29,34). The fourth-order valence-electron chi connectivity index (χ4n) is 4.43. The Kier molecular flexibility index (Phi) is 8.45. The zero-order chi connectivity index (χ0) is 28.3. The van der Waals surface area contributed by atoms with Gasteiger partial charge in [-0.15, -0.1) is 0 Å². The first-order valence-corrected chi connectivity index (χ1v) is 16.5. The van der Waals surface area contributed by atoms with E-state index in [-0.39, 0.29) is 23.4 Å². The first-order valence-electron chi connectivity index (χ1n) is 13.0. The summed E-state index contributed by atoms with van der Waals surface area (Å²) in [6.07, 6.45) is 1.65. The van der Waals surface area contributed by atoms with Crippen molar-refractivity contribution >= 4 is 36.6 Å². The Labute approximate surface area is 229 Å². The normalized spacial score (nSPS) is 17.9. The second-order valence-electron chi connectivity index (χ2n) is 10.7. The monoisotopic (exact) mass is 555 g/mol. The van der Waals surface area contributed by atoms with E-state index in [2.05, 4.69) is 46.3 Å². The number of methoxy groups -OCH3 is 2. The quantitative estimate of drug-likeness (QED) is 0.352. The fraction of sp³-hybridized carbons (Fsp3) is 0.481. The van der Waals surface area contributed by atoms with Crippen LogP contribution in [0.4, 0.5) is 11.6 Å². The third-order valence-corrected chi connectivity index (χ3v) is 8.95. The zero-order valence-corrected chi connectivity index (χ0v) is 24.6. The van der Waals surface area contributed by atoms with E-state index in [0.29, 0.717) is 17.7 Å². The van der Waals surface area contributed by atoms with Gasteiger partial charge in [0.25, 0.3) is 11.9 Å². The average molecular weight is 556 g/mol. The Bertz CT molecular complexity index is 1240. The smallest absolute Gasteiger partial charge is 0.289 e. The van der Waals surface area contributed by atoms with Gasteiger partial charge in [-0.3, -0.25) is 9.59 Å². The molecule has 0 aliphatic carbocycles. The number of hydrogen-bond donors (Lipinski definition) is 2. The Morgan fingerprint density at radius 1 is 1.10 bits per heavy atom. The molecule has 39 heavy (non-hydrogen) atoms. The van der Waals surface area contributed by atoms with E-state index in [0.717, 1.165) is 31.5 Å². The van der Waals surface area contributed by atoms with Crippen LogP contribution in [0.2, 0.25) is 19.6 Å². The summed E-state index contributed by atoms with van der Waals surface area (Å²) in [5, 5.41) is 7.15. The number of carbonyl (C=O) groups is 2. The minimum atomic E-state index is -1.58. The van der Waals surface area contributed by atoms with Gasteiger partial charge in [0.1, 0.15) is 5.75 Å². The van der Waals surface area contributed by atoms with Crippen molar-refractivity contribution in [1.29, 1.82) is 0 Å². The van der Waals surface area contributed by atoms with Crippen LogP contribution in [0, 0.1) is 6.92 Å². The predicted octanol–water partition coefficient (Wildman–Crippen LogP) is 2.36. The van der Waals surface area contributed by atoms with Crippen LogP contribution in [0.15, 0.2) is 30.2 Å². The highest BCUT2D eigenvalue weighted by molar-refractivity contribution is 6.88. The van der Waals surface area contributed by atoms with Crippen molar-refractivity contribution in [3.63, 3.8) is 0 Å². The lowest BCUT2D eigenvalue weighted by Gasteiger charge is -2.32. The summed E-state index contributed by atoms with van der Waals surface area (Å²) >= 11 is 0. The number of aromatic nitrogens is 2. The summed E-state index contributed by atoms with van der Waals surface area (Å²) in [7, 11) is 3.25. The maximum atomic E-state index is 13.1. The van der Waals surface area contributed by atoms with E-state index in [1.165, 1.54) is 25.5 Å². The largest absolute Gasteiger partial charge is 0.479 e. The van der Waals surface area contributed by atoms with Crippen LogP contribution < -0.4 is 34.9 Å². The van der Waals surface area contributed by atoms with Crippen LogP contribution in [-0.4, -0.2) is 76.2 Å². The molecule has 11 nitrogen and oxygen atoms in total. The molecule has 2 N–H and O–H groups in total. The highest BCUT2D eigenvalue weighted by Gasteiger charge is 2.37. The number of rotatable bonds is 9. The van der Waals surface area contributed by atoms with Crippen molar-refractivity contribution in [2.45, 2.75) is 51.6 Å². The molecule has 2 aliphatic rings. The molecule has 0 bridgehead atoms. The average Bonchev–Trinajstić information content (AvgIpc) is 3.29. The molecular weight excluding hydrogens is 518 g/mol. The van der Waals surface area contributed by atoms with E-state index < -0.39 is 25.9 Å². The summed E-state index contributed by atoms with van der Waals surface area (Å²) in [6, 6.07) is 6.50.